The number of terminal acetylenes is 1. The van der Waals surface area contributed by atoms with Gasteiger partial charge in [0.1, 0.15) is 5.66 Å². The van der Waals surface area contributed by atoms with Gasteiger partial charge in [0.25, 0.3) is 0 Å². The fourth-order valence-corrected chi connectivity index (χ4v) is 3.63. The maximum absolute atomic E-state index is 12.3. The quantitative estimate of drug-likeness (QED) is 0.393. The fraction of sp³-hybridized carbons (Fsp3) is 0.727. The molecule has 4 nitrogen and oxygen atoms in total. The van der Waals surface area contributed by atoms with Gasteiger partial charge in [0.05, 0.1) is 6.61 Å². The molecule has 0 aromatic rings. The maximum atomic E-state index is 12.3. The molecule has 0 radical (unpaired) electrons. The molecule has 0 saturated heterocycles. The van der Waals surface area contributed by atoms with E-state index in [-0.39, 0.29) is 6.61 Å². The van der Waals surface area contributed by atoms with E-state index in [1.54, 1.807) is 20.8 Å². The average Bonchev–Trinajstić information content (AvgIpc) is 2.27. The Morgan fingerprint density at radius 1 is 1.44 bits per heavy atom. The Kier molecular flexibility index (Phi) is 7.12. The highest BCUT2D eigenvalue weighted by atomic mass is 31.2. The number of hydrogen-bond donors (Lipinski definition) is 0. The van der Waals surface area contributed by atoms with Crippen molar-refractivity contribution in [1.82, 2.24) is 0 Å². The summed E-state index contributed by atoms with van der Waals surface area (Å²) in [5, 5.41) is 0. The molecular formula is C11H19O4P. The van der Waals surface area contributed by atoms with Crippen LogP contribution in [0, 0.1) is 12.3 Å². The van der Waals surface area contributed by atoms with E-state index in [1.807, 2.05) is 0 Å². The van der Waals surface area contributed by atoms with E-state index in [2.05, 4.69) is 5.92 Å². The summed E-state index contributed by atoms with van der Waals surface area (Å²) in [7, 11) is -2.95. The number of hydrogen-bond acceptors (Lipinski definition) is 4. The first-order chi connectivity index (χ1) is 7.55. The lowest BCUT2D eigenvalue weighted by Crippen LogP contribution is -2.25. The van der Waals surface area contributed by atoms with Gasteiger partial charge in [0.15, 0.2) is 6.61 Å². The predicted octanol–water partition coefficient (Wildman–Crippen LogP) is 2.28. The summed E-state index contributed by atoms with van der Waals surface area (Å²) >= 11 is 0. The van der Waals surface area contributed by atoms with Crippen LogP contribution in [0.25, 0.3) is 0 Å². The molecule has 2 unspecified atom stereocenters. The lowest BCUT2D eigenvalue weighted by atomic mass is 10.3. The van der Waals surface area contributed by atoms with Gasteiger partial charge in [0.2, 0.25) is 7.37 Å². The van der Waals surface area contributed by atoms with Crippen molar-refractivity contribution in [3.8, 4) is 12.3 Å². The monoisotopic (exact) mass is 246 g/mol. The lowest BCUT2D eigenvalue weighted by Gasteiger charge is -2.23. The summed E-state index contributed by atoms with van der Waals surface area (Å²) in [5.74, 6) is 1.68. The Bertz CT molecular complexity index is 306. The molecule has 16 heavy (non-hydrogen) atoms. The van der Waals surface area contributed by atoms with Crippen LogP contribution in [0.1, 0.15) is 27.2 Å². The van der Waals surface area contributed by atoms with Gasteiger partial charge in [-0.15, -0.1) is 6.42 Å². The number of esters is 1. The second-order valence-corrected chi connectivity index (χ2v) is 6.16. The highest BCUT2D eigenvalue weighted by molar-refractivity contribution is 7.60. The summed E-state index contributed by atoms with van der Waals surface area (Å²) in [6.07, 6.45) is 5.74. The zero-order chi connectivity index (χ0) is 12.6. The zero-order valence-corrected chi connectivity index (χ0v) is 11.0. The van der Waals surface area contributed by atoms with Crippen LogP contribution in [-0.2, 0) is 18.6 Å². The van der Waals surface area contributed by atoms with Crippen LogP contribution in [0.3, 0.4) is 0 Å². The van der Waals surface area contributed by atoms with E-state index >= 15 is 0 Å². The van der Waals surface area contributed by atoms with E-state index < -0.39 is 19.0 Å². The van der Waals surface area contributed by atoms with E-state index in [0.29, 0.717) is 19.2 Å². The fourth-order valence-electron chi connectivity index (χ4n) is 1.43. The first-order valence-electron chi connectivity index (χ1n) is 5.39. The minimum atomic E-state index is -2.95. The molecule has 0 rings (SSSR count). The van der Waals surface area contributed by atoms with Crippen LogP contribution in [-0.4, -0.2) is 31.0 Å². The van der Waals surface area contributed by atoms with Crippen molar-refractivity contribution in [2.24, 2.45) is 0 Å². The van der Waals surface area contributed by atoms with Crippen molar-refractivity contribution in [2.45, 2.75) is 32.9 Å². The third-order valence-corrected chi connectivity index (χ3v) is 5.32. The normalized spacial score (nSPS) is 15.9. The summed E-state index contributed by atoms with van der Waals surface area (Å²) in [6.45, 7) is 5.51. The molecular weight excluding hydrogens is 227 g/mol. The molecule has 92 valence electrons. The van der Waals surface area contributed by atoms with Crippen LogP contribution in [0.5, 0.6) is 0 Å². The molecule has 0 heterocycles. The largest absolute Gasteiger partial charge is 0.452 e. The van der Waals surface area contributed by atoms with Crippen molar-refractivity contribution in [1.29, 1.82) is 0 Å². The first-order valence-corrected chi connectivity index (χ1v) is 7.26. The predicted molar refractivity (Wildman–Crippen MR) is 63.6 cm³/mol. The third kappa shape index (κ3) is 4.00. The third-order valence-electron chi connectivity index (χ3n) is 2.22. The van der Waals surface area contributed by atoms with Crippen molar-refractivity contribution >= 4 is 13.3 Å². The van der Waals surface area contributed by atoms with Crippen LogP contribution >= 0.6 is 7.37 Å². The van der Waals surface area contributed by atoms with Gasteiger partial charge in [-0.3, -0.25) is 9.36 Å². The van der Waals surface area contributed by atoms with Crippen LogP contribution in [0.15, 0.2) is 0 Å². The van der Waals surface area contributed by atoms with Gasteiger partial charge < -0.3 is 9.26 Å². The van der Waals surface area contributed by atoms with Crippen LogP contribution < -0.4 is 0 Å². The standard InChI is InChI=1S/C11H19O4P/c1-5-9-14-11(12)10(6-2)16(13,8-4)15-7-3/h1,10H,6-9H2,2-4H3. The lowest BCUT2D eigenvalue weighted by molar-refractivity contribution is -0.141. The van der Waals surface area contributed by atoms with Gasteiger partial charge in [0, 0.05) is 6.16 Å². The number of ether oxygens (including phenoxy) is 1. The molecule has 0 spiro atoms. The van der Waals surface area contributed by atoms with Crippen molar-refractivity contribution in [2.75, 3.05) is 19.4 Å². The topological polar surface area (TPSA) is 52.6 Å². The van der Waals surface area contributed by atoms with E-state index in [4.69, 9.17) is 15.7 Å². The molecule has 0 fully saturated rings. The summed E-state index contributed by atoms with van der Waals surface area (Å²) in [6, 6.07) is 0. The number of carbonyl (C=O) groups excluding carboxylic acids is 1. The molecule has 0 N–H and O–H groups in total. The number of carbonyl (C=O) groups is 1. The average molecular weight is 246 g/mol. The van der Waals surface area contributed by atoms with Crippen LogP contribution in [0.2, 0.25) is 0 Å². The van der Waals surface area contributed by atoms with Crippen molar-refractivity contribution < 1.29 is 18.6 Å². The Morgan fingerprint density at radius 2 is 2.06 bits per heavy atom. The smallest absolute Gasteiger partial charge is 0.319 e. The molecule has 0 aliphatic heterocycles. The van der Waals surface area contributed by atoms with Gasteiger partial charge in [-0.2, -0.15) is 0 Å². The zero-order valence-electron chi connectivity index (χ0n) is 10.1. The minimum absolute atomic E-state index is 0.0921. The summed E-state index contributed by atoms with van der Waals surface area (Å²) in [4.78, 5) is 11.6. The highest BCUT2D eigenvalue weighted by Gasteiger charge is 2.37. The molecule has 0 aliphatic carbocycles. The molecule has 0 saturated carbocycles. The van der Waals surface area contributed by atoms with Crippen molar-refractivity contribution in [3.05, 3.63) is 0 Å². The molecule has 0 amide bonds. The van der Waals surface area contributed by atoms with Gasteiger partial charge >= 0.3 is 5.97 Å². The minimum Gasteiger partial charge on any atom is -0.452 e. The maximum Gasteiger partial charge on any atom is 0.319 e. The van der Waals surface area contributed by atoms with E-state index in [0.717, 1.165) is 0 Å². The summed E-state index contributed by atoms with van der Waals surface area (Å²) < 4.78 is 22.4. The number of rotatable bonds is 7. The second-order valence-electron chi connectivity index (χ2n) is 3.20. The molecule has 0 aromatic heterocycles. The Balaban J connectivity index is 4.75. The molecule has 2 atom stereocenters. The van der Waals surface area contributed by atoms with Crippen LogP contribution in [0.4, 0.5) is 0 Å². The molecule has 5 heteroatoms. The Morgan fingerprint density at radius 3 is 2.44 bits per heavy atom. The summed E-state index contributed by atoms with van der Waals surface area (Å²) in [5.41, 5.74) is -0.703. The SMILES string of the molecule is C#CCOC(=O)C(CC)P(=O)(CC)OCC. The Hall–Kier alpha value is -0.780. The van der Waals surface area contributed by atoms with Crippen molar-refractivity contribution in [3.63, 3.8) is 0 Å². The van der Waals surface area contributed by atoms with Gasteiger partial charge in [-0.05, 0) is 13.3 Å². The van der Waals surface area contributed by atoms with E-state index in [9.17, 15) is 9.36 Å². The van der Waals surface area contributed by atoms with Gasteiger partial charge in [-0.25, -0.2) is 0 Å². The molecule has 0 aromatic carbocycles. The Labute approximate surface area is 97.2 Å². The molecule has 0 bridgehead atoms. The second kappa shape index (κ2) is 7.49. The first kappa shape index (κ1) is 15.2. The molecule has 0 aliphatic rings. The highest BCUT2D eigenvalue weighted by Crippen LogP contribution is 2.53. The van der Waals surface area contributed by atoms with E-state index in [1.165, 1.54) is 0 Å². The van der Waals surface area contributed by atoms with Gasteiger partial charge in [-0.1, -0.05) is 19.8 Å².